The first-order valence-electron chi connectivity index (χ1n) is 9.89. The first-order chi connectivity index (χ1) is 10.7. The fourth-order valence-corrected chi connectivity index (χ4v) is 4.03. The maximum atomic E-state index is 8.99. The van der Waals surface area contributed by atoms with Crippen molar-refractivity contribution in [2.45, 2.75) is 97.8 Å². The van der Waals surface area contributed by atoms with E-state index in [4.69, 9.17) is 5.11 Å². The lowest BCUT2D eigenvalue weighted by Crippen LogP contribution is -2.04. The van der Waals surface area contributed by atoms with Gasteiger partial charge in [-0.25, -0.2) is 0 Å². The van der Waals surface area contributed by atoms with Crippen molar-refractivity contribution in [3.8, 4) is 0 Å². The number of hydrogen-bond donors (Lipinski definition) is 1. The predicted molar refractivity (Wildman–Crippen MR) is 104 cm³/mol. The van der Waals surface area contributed by atoms with Crippen LogP contribution in [0.1, 0.15) is 97.8 Å². The van der Waals surface area contributed by atoms with Gasteiger partial charge in [-0.3, -0.25) is 0 Å². The Kier molecular flexibility index (Phi) is 17.9. The van der Waals surface area contributed by atoms with Gasteiger partial charge in [0.05, 0.1) is 0 Å². The maximum absolute atomic E-state index is 8.99. The summed E-state index contributed by atoms with van der Waals surface area (Å²) >= 11 is 2.08. The third kappa shape index (κ3) is 16.7. The molecule has 0 radical (unpaired) electrons. The van der Waals surface area contributed by atoms with Crippen molar-refractivity contribution in [3.05, 3.63) is 0 Å². The molecule has 0 aromatic carbocycles. The first kappa shape index (κ1) is 22.3. The van der Waals surface area contributed by atoms with E-state index in [0.29, 0.717) is 12.5 Å². The molecule has 0 rings (SSSR count). The molecule has 2 unspecified atom stereocenters. The summed E-state index contributed by atoms with van der Waals surface area (Å²) in [4.78, 5) is 0. The minimum atomic E-state index is 0.342. The lowest BCUT2D eigenvalue weighted by atomic mass is 10.0. The van der Waals surface area contributed by atoms with Crippen LogP contribution in [0.3, 0.4) is 0 Å². The second kappa shape index (κ2) is 17.7. The largest absolute Gasteiger partial charge is 0.396 e. The monoisotopic (exact) mass is 330 g/mol. The summed E-state index contributed by atoms with van der Waals surface area (Å²) in [6, 6.07) is 0. The second-order valence-electron chi connectivity index (χ2n) is 7.23. The van der Waals surface area contributed by atoms with Crippen molar-refractivity contribution in [1.82, 2.24) is 0 Å². The van der Waals surface area contributed by atoms with Gasteiger partial charge in [-0.1, -0.05) is 85.0 Å². The fraction of sp³-hybridized carbons (Fsp3) is 1.00. The molecule has 0 saturated heterocycles. The van der Waals surface area contributed by atoms with Crippen LogP contribution in [0.15, 0.2) is 0 Å². The SMILES string of the molecule is CCCCCCCCCCCCC(C)CSCCC(C)CO. The van der Waals surface area contributed by atoms with Gasteiger partial charge in [-0.15, -0.1) is 0 Å². The molecule has 2 heteroatoms. The van der Waals surface area contributed by atoms with Crippen LogP contribution in [0.4, 0.5) is 0 Å². The summed E-state index contributed by atoms with van der Waals surface area (Å²) in [5.41, 5.74) is 0. The lowest BCUT2D eigenvalue weighted by Gasteiger charge is -2.12. The van der Waals surface area contributed by atoms with E-state index < -0.39 is 0 Å². The van der Waals surface area contributed by atoms with Crippen molar-refractivity contribution in [1.29, 1.82) is 0 Å². The average Bonchev–Trinajstić information content (AvgIpc) is 2.53. The molecular formula is C20H42OS. The molecule has 0 heterocycles. The van der Waals surface area contributed by atoms with Gasteiger partial charge in [0.15, 0.2) is 0 Å². The van der Waals surface area contributed by atoms with Crippen molar-refractivity contribution >= 4 is 11.8 Å². The van der Waals surface area contributed by atoms with Gasteiger partial charge >= 0.3 is 0 Å². The molecule has 134 valence electrons. The highest BCUT2D eigenvalue weighted by Crippen LogP contribution is 2.18. The third-order valence-electron chi connectivity index (χ3n) is 4.52. The Morgan fingerprint density at radius 1 is 0.727 bits per heavy atom. The van der Waals surface area contributed by atoms with Crippen molar-refractivity contribution in [2.24, 2.45) is 11.8 Å². The Hall–Kier alpha value is 0.310. The van der Waals surface area contributed by atoms with Gasteiger partial charge in [0.1, 0.15) is 0 Å². The molecule has 0 amide bonds. The molecule has 1 nitrogen and oxygen atoms in total. The zero-order valence-corrected chi connectivity index (χ0v) is 16.4. The number of unbranched alkanes of at least 4 members (excludes halogenated alkanes) is 9. The minimum Gasteiger partial charge on any atom is -0.396 e. The molecule has 0 aliphatic rings. The highest BCUT2D eigenvalue weighted by atomic mass is 32.2. The maximum Gasteiger partial charge on any atom is 0.0456 e. The van der Waals surface area contributed by atoms with Crippen molar-refractivity contribution in [3.63, 3.8) is 0 Å². The van der Waals surface area contributed by atoms with Gasteiger partial charge < -0.3 is 5.11 Å². The number of rotatable bonds is 17. The van der Waals surface area contributed by atoms with Crippen LogP contribution in [0, 0.1) is 11.8 Å². The molecule has 0 aliphatic heterocycles. The first-order valence-corrected chi connectivity index (χ1v) is 11.0. The molecular weight excluding hydrogens is 288 g/mol. The molecule has 0 spiro atoms. The van der Waals surface area contributed by atoms with Crippen LogP contribution in [-0.2, 0) is 0 Å². The lowest BCUT2D eigenvalue weighted by molar-refractivity contribution is 0.235. The zero-order chi connectivity index (χ0) is 16.5. The number of thioether (sulfide) groups is 1. The molecule has 2 atom stereocenters. The van der Waals surface area contributed by atoms with E-state index >= 15 is 0 Å². The molecule has 0 aliphatic carbocycles. The zero-order valence-electron chi connectivity index (χ0n) is 15.6. The molecule has 0 bridgehead atoms. The standard InChI is InChI=1S/C20H42OS/c1-4-5-6-7-8-9-10-11-12-13-14-20(3)18-22-16-15-19(2)17-21/h19-21H,4-18H2,1-3H3. The number of aliphatic hydroxyl groups excluding tert-OH is 1. The fourth-order valence-electron chi connectivity index (χ4n) is 2.72. The number of hydrogen-bond acceptors (Lipinski definition) is 2. The summed E-state index contributed by atoms with van der Waals surface area (Å²) in [5.74, 6) is 3.85. The summed E-state index contributed by atoms with van der Waals surface area (Å²) < 4.78 is 0. The Morgan fingerprint density at radius 3 is 1.82 bits per heavy atom. The Labute approximate surface area is 145 Å². The summed E-state index contributed by atoms with van der Waals surface area (Å²) in [6.45, 7) is 7.16. The minimum absolute atomic E-state index is 0.342. The van der Waals surface area contributed by atoms with Crippen LogP contribution >= 0.6 is 11.8 Å². The second-order valence-corrected chi connectivity index (χ2v) is 8.38. The molecule has 0 aromatic rings. The molecule has 22 heavy (non-hydrogen) atoms. The third-order valence-corrected chi connectivity index (χ3v) is 5.85. The number of aliphatic hydroxyl groups is 1. The van der Waals surface area contributed by atoms with Crippen molar-refractivity contribution < 1.29 is 5.11 Å². The summed E-state index contributed by atoms with van der Waals surface area (Å²) in [7, 11) is 0. The topological polar surface area (TPSA) is 20.2 Å². The van der Waals surface area contributed by atoms with Crippen LogP contribution in [0.25, 0.3) is 0 Å². The van der Waals surface area contributed by atoms with Crippen LogP contribution in [-0.4, -0.2) is 23.2 Å². The van der Waals surface area contributed by atoms with Gasteiger partial charge in [0.2, 0.25) is 0 Å². The highest BCUT2D eigenvalue weighted by Gasteiger charge is 2.04. The van der Waals surface area contributed by atoms with Crippen LogP contribution < -0.4 is 0 Å². The predicted octanol–water partition coefficient (Wildman–Crippen LogP) is 6.69. The van der Waals surface area contributed by atoms with Gasteiger partial charge in [0.25, 0.3) is 0 Å². The van der Waals surface area contributed by atoms with Crippen LogP contribution in [0.2, 0.25) is 0 Å². The average molecular weight is 331 g/mol. The smallest absolute Gasteiger partial charge is 0.0456 e. The van der Waals surface area contributed by atoms with E-state index in [2.05, 4.69) is 32.5 Å². The van der Waals surface area contributed by atoms with E-state index in [1.54, 1.807) is 0 Å². The molecule has 0 aromatic heterocycles. The summed E-state index contributed by atoms with van der Waals surface area (Å²) in [5, 5.41) is 8.99. The van der Waals surface area contributed by atoms with Crippen molar-refractivity contribution in [2.75, 3.05) is 18.1 Å². The van der Waals surface area contributed by atoms with E-state index in [9.17, 15) is 0 Å². The highest BCUT2D eigenvalue weighted by molar-refractivity contribution is 7.99. The van der Waals surface area contributed by atoms with Crippen LogP contribution in [0.5, 0.6) is 0 Å². The molecule has 1 N–H and O–H groups in total. The quantitative estimate of drug-likeness (QED) is 0.300. The molecule has 0 saturated carbocycles. The Bertz CT molecular complexity index is 208. The van der Waals surface area contributed by atoms with E-state index in [1.807, 2.05) is 0 Å². The van der Waals surface area contributed by atoms with Gasteiger partial charge in [-0.2, -0.15) is 11.8 Å². The normalized spacial score (nSPS) is 14.2. The summed E-state index contributed by atoms with van der Waals surface area (Å²) in [6.07, 6.45) is 16.9. The molecule has 0 fully saturated rings. The van der Waals surface area contributed by atoms with E-state index in [-0.39, 0.29) is 0 Å². The van der Waals surface area contributed by atoms with Gasteiger partial charge in [0, 0.05) is 6.61 Å². The van der Waals surface area contributed by atoms with E-state index in [1.165, 1.54) is 82.1 Å². The Balaban J connectivity index is 3.16. The Morgan fingerprint density at radius 2 is 1.27 bits per heavy atom. The van der Waals surface area contributed by atoms with Gasteiger partial charge in [-0.05, 0) is 36.2 Å². The van der Waals surface area contributed by atoms with E-state index in [0.717, 1.165) is 12.3 Å².